The number of anilines is 1. The number of hydrogen-bond acceptors (Lipinski definition) is 4. The van der Waals surface area contributed by atoms with Crippen LogP contribution in [0.3, 0.4) is 0 Å². The van der Waals surface area contributed by atoms with E-state index in [1.165, 1.54) is 11.3 Å². The first kappa shape index (κ1) is 15.2. The van der Waals surface area contributed by atoms with Crippen molar-refractivity contribution in [3.63, 3.8) is 0 Å². The molecule has 5 nitrogen and oxygen atoms in total. The normalized spacial score (nSPS) is 16.0. The van der Waals surface area contributed by atoms with Gasteiger partial charge in [-0.25, -0.2) is 4.98 Å². The number of hydrogen-bond donors (Lipinski definition) is 2. The number of aromatic amines is 1. The zero-order chi connectivity index (χ0) is 16.4. The predicted octanol–water partition coefficient (Wildman–Crippen LogP) is 2.34. The number of rotatable bonds is 4. The molecule has 4 rings (SSSR count). The predicted molar refractivity (Wildman–Crippen MR) is 97.3 cm³/mol. The third-order valence-electron chi connectivity index (χ3n) is 4.75. The third kappa shape index (κ3) is 3.00. The summed E-state index contributed by atoms with van der Waals surface area (Å²) < 4.78 is 0. The molecule has 1 saturated heterocycles. The monoisotopic (exact) mass is 322 g/mol. The van der Waals surface area contributed by atoms with Gasteiger partial charge in [-0.2, -0.15) is 0 Å². The lowest BCUT2D eigenvalue weighted by Crippen LogP contribution is -2.47. The first-order chi connectivity index (χ1) is 11.8. The van der Waals surface area contributed by atoms with Gasteiger partial charge in [-0.1, -0.05) is 12.1 Å². The molecule has 0 radical (unpaired) electrons. The van der Waals surface area contributed by atoms with Crippen molar-refractivity contribution < 1.29 is 5.11 Å². The molecule has 124 valence electrons. The lowest BCUT2D eigenvalue weighted by Gasteiger charge is -2.35. The molecule has 1 aliphatic heterocycles. The molecular formula is C19H22N4O. The summed E-state index contributed by atoms with van der Waals surface area (Å²) in [4.78, 5) is 12.3. The van der Waals surface area contributed by atoms with Gasteiger partial charge in [-0.15, -0.1) is 0 Å². The quantitative estimate of drug-likeness (QED) is 0.774. The van der Waals surface area contributed by atoms with E-state index < -0.39 is 0 Å². The van der Waals surface area contributed by atoms with E-state index >= 15 is 0 Å². The number of nitrogens with one attached hydrogen (secondary N) is 1. The zero-order valence-electron chi connectivity index (χ0n) is 13.7. The van der Waals surface area contributed by atoms with E-state index in [0.717, 1.165) is 49.3 Å². The van der Waals surface area contributed by atoms with E-state index in [2.05, 4.69) is 50.1 Å². The van der Waals surface area contributed by atoms with Crippen LogP contribution in [0.2, 0.25) is 0 Å². The van der Waals surface area contributed by atoms with Crippen molar-refractivity contribution in [2.75, 3.05) is 44.2 Å². The minimum absolute atomic E-state index is 0.244. The second-order valence-corrected chi connectivity index (χ2v) is 6.24. The maximum atomic E-state index is 9.03. The van der Waals surface area contributed by atoms with E-state index in [1.54, 1.807) is 0 Å². The summed E-state index contributed by atoms with van der Waals surface area (Å²) in [6.07, 6.45) is 3.84. The number of benzene rings is 1. The van der Waals surface area contributed by atoms with Gasteiger partial charge in [0.05, 0.1) is 6.61 Å². The molecule has 0 saturated carbocycles. The van der Waals surface area contributed by atoms with E-state index in [0.29, 0.717) is 0 Å². The second kappa shape index (κ2) is 6.63. The van der Waals surface area contributed by atoms with Crippen LogP contribution >= 0.6 is 0 Å². The van der Waals surface area contributed by atoms with E-state index in [4.69, 9.17) is 5.11 Å². The molecule has 3 heterocycles. The molecule has 5 heteroatoms. The molecule has 3 aromatic rings. The van der Waals surface area contributed by atoms with Gasteiger partial charge in [0.2, 0.25) is 0 Å². The highest BCUT2D eigenvalue weighted by Crippen LogP contribution is 2.25. The van der Waals surface area contributed by atoms with Crippen LogP contribution in [0.5, 0.6) is 0 Å². The Balaban J connectivity index is 1.48. The topological polar surface area (TPSA) is 55.4 Å². The Morgan fingerprint density at radius 3 is 2.54 bits per heavy atom. The van der Waals surface area contributed by atoms with E-state index in [9.17, 15) is 0 Å². The van der Waals surface area contributed by atoms with Crippen molar-refractivity contribution in [2.24, 2.45) is 0 Å². The summed E-state index contributed by atoms with van der Waals surface area (Å²) in [5.74, 6) is 0. The first-order valence-electron chi connectivity index (χ1n) is 8.45. The van der Waals surface area contributed by atoms with Crippen LogP contribution in [0.4, 0.5) is 5.69 Å². The van der Waals surface area contributed by atoms with Gasteiger partial charge < -0.3 is 15.0 Å². The number of aliphatic hydroxyl groups is 1. The van der Waals surface area contributed by atoms with Crippen LogP contribution in [0, 0.1) is 0 Å². The van der Waals surface area contributed by atoms with Crippen molar-refractivity contribution >= 4 is 16.7 Å². The Bertz CT molecular complexity index is 804. The fourth-order valence-electron chi connectivity index (χ4n) is 3.33. The Hall–Kier alpha value is -2.37. The number of H-pyrrole nitrogens is 1. The van der Waals surface area contributed by atoms with Crippen molar-refractivity contribution in [3.05, 3.63) is 48.8 Å². The summed E-state index contributed by atoms with van der Waals surface area (Å²) in [5.41, 5.74) is 4.52. The molecule has 0 bridgehead atoms. The van der Waals surface area contributed by atoms with Crippen molar-refractivity contribution in [1.29, 1.82) is 0 Å². The van der Waals surface area contributed by atoms with Gasteiger partial charge in [0.25, 0.3) is 0 Å². The maximum absolute atomic E-state index is 9.03. The number of fused-ring (bicyclic) bond motifs is 1. The molecule has 0 amide bonds. The lowest BCUT2D eigenvalue weighted by atomic mass is 10.1. The fourth-order valence-corrected chi connectivity index (χ4v) is 3.33. The van der Waals surface area contributed by atoms with E-state index in [1.807, 2.05) is 18.5 Å². The molecule has 0 spiro atoms. The summed E-state index contributed by atoms with van der Waals surface area (Å²) in [7, 11) is 0. The number of β-amino-alcohol motifs (C(OH)–C–C–N with tert-alkyl or cyclic N) is 1. The van der Waals surface area contributed by atoms with Gasteiger partial charge in [0.1, 0.15) is 5.65 Å². The third-order valence-corrected chi connectivity index (χ3v) is 4.75. The SMILES string of the molecule is OCCN1CCN(c2ccc(-c3cnc4[nH]ccc4c3)cc2)CC1. The van der Waals surface area contributed by atoms with Gasteiger partial charge in [-0.3, -0.25) is 4.90 Å². The number of nitrogens with zero attached hydrogens (tertiary/aromatic N) is 3. The molecule has 0 aliphatic carbocycles. The minimum atomic E-state index is 0.244. The number of piperazine rings is 1. The summed E-state index contributed by atoms with van der Waals surface area (Å²) >= 11 is 0. The fraction of sp³-hybridized carbons (Fsp3) is 0.316. The molecule has 24 heavy (non-hydrogen) atoms. The van der Waals surface area contributed by atoms with Gasteiger partial charge >= 0.3 is 0 Å². The zero-order valence-corrected chi connectivity index (χ0v) is 13.7. The minimum Gasteiger partial charge on any atom is -0.395 e. The molecule has 2 N–H and O–H groups in total. The average Bonchev–Trinajstić information content (AvgIpc) is 3.11. The molecule has 1 aliphatic rings. The highest BCUT2D eigenvalue weighted by molar-refractivity contribution is 5.81. The highest BCUT2D eigenvalue weighted by Gasteiger charge is 2.16. The molecule has 0 atom stereocenters. The highest BCUT2D eigenvalue weighted by atomic mass is 16.3. The Labute approximate surface area is 141 Å². The van der Waals surface area contributed by atoms with Crippen LogP contribution < -0.4 is 4.90 Å². The van der Waals surface area contributed by atoms with Gasteiger partial charge in [-0.05, 0) is 29.8 Å². The molecule has 1 fully saturated rings. The molecule has 1 aromatic carbocycles. The Morgan fingerprint density at radius 2 is 1.79 bits per heavy atom. The van der Waals surface area contributed by atoms with Crippen LogP contribution in [-0.2, 0) is 0 Å². The molecule has 2 aromatic heterocycles. The first-order valence-corrected chi connectivity index (χ1v) is 8.45. The standard InChI is InChI=1S/C19H22N4O/c24-12-11-22-7-9-23(10-8-22)18-3-1-15(2-4-18)17-13-16-5-6-20-19(16)21-14-17/h1-6,13-14,24H,7-12H2,(H,20,21). The average molecular weight is 322 g/mol. The van der Waals surface area contributed by atoms with Crippen LogP contribution in [0.25, 0.3) is 22.2 Å². The van der Waals surface area contributed by atoms with Crippen LogP contribution in [0.1, 0.15) is 0 Å². The van der Waals surface area contributed by atoms with Crippen LogP contribution in [0.15, 0.2) is 48.8 Å². The van der Waals surface area contributed by atoms with Gasteiger partial charge in [0.15, 0.2) is 0 Å². The van der Waals surface area contributed by atoms with Crippen molar-refractivity contribution in [1.82, 2.24) is 14.9 Å². The summed E-state index contributed by atoms with van der Waals surface area (Å²) in [5, 5.41) is 10.2. The Kier molecular flexibility index (Phi) is 4.19. The smallest absolute Gasteiger partial charge is 0.137 e. The van der Waals surface area contributed by atoms with Crippen molar-refractivity contribution in [3.8, 4) is 11.1 Å². The lowest BCUT2D eigenvalue weighted by molar-refractivity contribution is 0.189. The van der Waals surface area contributed by atoms with Crippen molar-refractivity contribution in [2.45, 2.75) is 0 Å². The number of aromatic nitrogens is 2. The maximum Gasteiger partial charge on any atom is 0.137 e. The number of pyridine rings is 1. The number of aliphatic hydroxyl groups excluding tert-OH is 1. The summed E-state index contributed by atoms with van der Waals surface area (Å²) in [6.45, 7) is 5.06. The largest absolute Gasteiger partial charge is 0.395 e. The molecule has 0 unspecified atom stereocenters. The van der Waals surface area contributed by atoms with Crippen LogP contribution in [-0.4, -0.2) is 59.3 Å². The molecular weight excluding hydrogens is 300 g/mol. The Morgan fingerprint density at radius 1 is 1.00 bits per heavy atom. The second-order valence-electron chi connectivity index (χ2n) is 6.24. The van der Waals surface area contributed by atoms with Gasteiger partial charge in [0, 0.05) is 61.8 Å². The summed E-state index contributed by atoms with van der Waals surface area (Å²) in [6, 6.07) is 12.9. The van der Waals surface area contributed by atoms with E-state index in [-0.39, 0.29) is 6.61 Å².